The summed E-state index contributed by atoms with van der Waals surface area (Å²) < 4.78 is 9.36. The monoisotopic (exact) mass is 479 g/mol. The number of aromatic nitrogens is 4. The number of hydrogen-bond acceptors (Lipinski definition) is 5. The van der Waals surface area contributed by atoms with Crippen molar-refractivity contribution in [2.75, 3.05) is 12.0 Å². The van der Waals surface area contributed by atoms with Crippen LogP contribution in [0.3, 0.4) is 0 Å². The Morgan fingerprint density at radius 1 is 1.20 bits per heavy atom. The van der Waals surface area contributed by atoms with E-state index in [9.17, 15) is 14.7 Å². The molecule has 35 heavy (non-hydrogen) atoms. The first-order chi connectivity index (χ1) is 16.9. The number of methoxy groups -OCH3 is 1. The van der Waals surface area contributed by atoms with Crippen LogP contribution in [0.4, 0.5) is 10.5 Å². The number of ether oxygens (including phenoxy) is 1. The number of carbonyl (C=O) groups is 2. The summed E-state index contributed by atoms with van der Waals surface area (Å²) in [4.78, 5) is 31.1. The zero-order valence-corrected chi connectivity index (χ0v) is 20.6. The maximum atomic E-state index is 12.6. The molecule has 0 spiro atoms. The van der Waals surface area contributed by atoms with Crippen molar-refractivity contribution in [2.45, 2.75) is 76.9 Å². The van der Waals surface area contributed by atoms with E-state index < -0.39 is 5.97 Å². The van der Waals surface area contributed by atoms with Gasteiger partial charge in [0, 0.05) is 36.0 Å². The molecule has 2 aromatic heterocycles. The summed E-state index contributed by atoms with van der Waals surface area (Å²) in [6.07, 6.45) is 8.04. The summed E-state index contributed by atoms with van der Waals surface area (Å²) in [5.74, 6) is 0.131. The number of anilines is 1. The smallest absolute Gasteiger partial charge is 0.414 e. The number of carboxylic acid groups (broad SMARTS) is 1. The fourth-order valence-electron chi connectivity index (χ4n) is 5.88. The number of aryl methyl sites for hydroxylation is 1. The van der Waals surface area contributed by atoms with Gasteiger partial charge in [-0.15, -0.1) is 0 Å². The third-order valence-corrected chi connectivity index (χ3v) is 7.73. The molecule has 5 rings (SSSR count). The normalized spacial score (nSPS) is 23.2. The highest BCUT2D eigenvalue weighted by Crippen LogP contribution is 2.41. The summed E-state index contributed by atoms with van der Waals surface area (Å²) in [5.41, 5.74) is 3.94. The van der Waals surface area contributed by atoms with E-state index in [0.717, 1.165) is 53.8 Å². The van der Waals surface area contributed by atoms with E-state index >= 15 is 0 Å². The third kappa shape index (κ3) is 4.17. The van der Waals surface area contributed by atoms with Crippen LogP contribution in [0.2, 0.25) is 0 Å². The first kappa shape index (κ1) is 23.4. The number of aliphatic carboxylic acids is 1. The molecule has 0 radical (unpaired) electrons. The zero-order chi connectivity index (χ0) is 24.7. The largest absolute Gasteiger partial charge is 0.481 e. The molecular weight excluding hydrogens is 446 g/mol. The zero-order valence-electron chi connectivity index (χ0n) is 20.6. The van der Waals surface area contributed by atoms with Gasteiger partial charge in [-0.3, -0.25) is 14.4 Å². The molecule has 1 aliphatic heterocycles. The molecule has 0 saturated heterocycles. The van der Waals surface area contributed by atoms with Crippen LogP contribution >= 0.6 is 0 Å². The molecular formula is C26H33N5O4. The molecule has 1 fully saturated rings. The molecule has 2 aliphatic rings. The summed E-state index contributed by atoms with van der Waals surface area (Å²) in [6, 6.07) is 6.26. The van der Waals surface area contributed by atoms with E-state index in [1.165, 1.54) is 7.11 Å². The second-order valence-electron chi connectivity index (χ2n) is 9.97. The predicted molar refractivity (Wildman–Crippen MR) is 132 cm³/mol. The van der Waals surface area contributed by atoms with Crippen LogP contribution in [0, 0.1) is 5.92 Å². The van der Waals surface area contributed by atoms with Gasteiger partial charge in [-0.2, -0.15) is 5.10 Å². The Labute approximate surface area is 204 Å². The Morgan fingerprint density at radius 3 is 2.63 bits per heavy atom. The van der Waals surface area contributed by atoms with E-state index in [1.54, 1.807) is 11.1 Å². The van der Waals surface area contributed by atoms with E-state index in [0.29, 0.717) is 19.4 Å². The Hall–Kier alpha value is -3.36. The highest BCUT2D eigenvalue weighted by Gasteiger charge is 2.34. The number of amides is 1. The van der Waals surface area contributed by atoms with E-state index in [4.69, 9.17) is 9.72 Å². The third-order valence-electron chi connectivity index (χ3n) is 7.73. The van der Waals surface area contributed by atoms with E-state index in [2.05, 4.69) is 22.7 Å². The SMILES string of the molecule is COC(=O)N1c2ccc3c(nc([C@@H](C)Cn4cccn4)n3C3CCC(C(=O)O)CC3)c2CC[C@@H]1C. The van der Waals surface area contributed by atoms with Gasteiger partial charge in [0.15, 0.2) is 0 Å². The standard InChI is InChI=1S/C26H33N5O4/c1-16(15-29-14-4-13-27-29)24-28-23-20-10-5-17(2)30(26(34)35-3)21(20)11-12-22(23)31(24)19-8-6-18(7-9-19)25(32)33/h4,11-14,16-19H,5-10,15H2,1-3H3,(H,32,33)/t16-,17-,18?,19?/m0/s1. The molecule has 3 aromatic rings. The van der Waals surface area contributed by atoms with Gasteiger partial charge in [0.1, 0.15) is 5.82 Å². The molecule has 1 amide bonds. The van der Waals surface area contributed by atoms with Crippen LogP contribution in [0.25, 0.3) is 11.0 Å². The van der Waals surface area contributed by atoms with Gasteiger partial charge in [0.25, 0.3) is 0 Å². The molecule has 1 aromatic carbocycles. The Balaban J connectivity index is 1.60. The second-order valence-corrected chi connectivity index (χ2v) is 9.97. The van der Waals surface area contributed by atoms with Gasteiger partial charge in [0.05, 0.1) is 36.3 Å². The molecule has 186 valence electrons. The number of carbonyl (C=O) groups excluding carboxylic acids is 1. The predicted octanol–water partition coefficient (Wildman–Crippen LogP) is 4.76. The highest BCUT2D eigenvalue weighted by atomic mass is 16.5. The Morgan fingerprint density at radius 2 is 1.97 bits per heavy atom. The van der Waals surface area contributed by atoms with Crippen molar-refractivity contribution in [1.82, 2.24) is 19.3 Å². The average Bonchev–Trinajstić information content (AvgIpc) is 3.51. The Bertz CT molecular complexity index is 1230. The number of nitrogens with zero attached hydrogens (tertiary/aromatic N) is 5. The minimum Gasteiger partial charge on any atom is -0.481 e. The summed E-state index contributed by atoms with van der Waals surface area (Å²) in [7, 11) is 1.42. The van der Waals surface area contributed by atoms with Crippen molar-refractivity contribution in [2.24, 2.45) is 5.92 Å². The van der Waals surface area contributed by atoms with Crippen LogP contribution < -0.4 is 4.90 Å². The second kappa shape index (κ2) is 9.36. The van der Waals surface area contributed by atoms with E-state index in [-0.39, 0.29) is 30.0 Å². The number of benzene rings is 1. The topological polar surface area (TPSA) is 102 Å². The number of imidazole rings is 1. The molecule has 0 unspecified atom stereocenters. The molecule has 9 heteroatoms. The Kier molecular flexibility index (Phi) is 6.25. The first-order valence-electron chi connectivity index (χ1n) is 12.5. The molecule has 9 nitrogen and oxygen atoms in total. The van der Waals surface area contributed by atoms with Crippen molar-refractivity contribution in [3.8, 4) is 0 Å². The number of rotatable bonds is 5. The number of carboxylic acids is 1. The molecule has 2 atom stereocenters. The molecule has 1 aliphatic carbocycles. The maximum Gasteiger partial charge on any atom is 0.414 e. The summed E-state index contributed by atoms with van der Waals surface area (Å²) in [6.45, 7) is 4.91. The van der Waals surface area contributed by atoms with Crippen LogP contribution in [0.1, 0.15) is 69.3 Å². The molecule has 1 N–H and O–H groups in total. The van der Waals surface area contributed by atoms with Gasteiger partial charge < -0.3 is 14.4 Å². The summed E-state index contributed by atoms with van der Waals surface area (Å²) >= 11 is 0. The quantitative estimate of drug-likeness (QED) is 0.566. The van der Waals surface area contributed by atoms with Gasteiger partial charge >= 0.3 is 12.1 Å². The molecule has 0 bridgehead atoms. The fraction of sp³-hybridized carbons (Fsp3) is 0.538. The first-order valence-corrected chi connectivity index (χ1v) is 12.5. The lowest BCUT2D eigenvalue weighted by molar-refractivity contribution is -0.143. The van der Waals surface area contributed by atoms with Crippen LogP contribution in [-0.2, 0) is 22.5 Å². The average molecular weight is 480 g/mol. The van der Waals surface area contributed by atoms with Crippen molar-refractivity contribution < 1.29 is 19.4 Å². The maximum absolute atomic E-state index is 12.6. The van der Waals surface area contributed by atoms with Crippen LogP contribution in [0.5, 0.6) is 0 Å². The van der Waals surface area contributed by atoms with Gasteiger partial charge in [-0.25, -0.2) is 9.78 Å². The highest BCUT2D eigenvalue weighted by molar-refractivity contribution is 5.95. The molecule has 1 saturated carbocycles. The molecule has 3 heterocycles. The minimum absolute atomic E-state index is 0.0546. The van der Waals surface area contributed by atoms with Crippen molar-refractivity contribution in [3.05, 3.63) is 42.0 Å². The lowest BCUT2D eigenvalue weighted by Crippen LogP contribution is -2.42. The lowest BCUT2D eigenvalue weighted by Gasteiger charge is -2.34. The van der Waals surface area contributed by atoms with Gasteiger partial charge in [-0.05, 0) is 63.6 Å². The van der Waals surface area contributed by atoms with Gasteiger partial charge in [0.2, 0.25) is 0 Å². The van der Waals surface area contributed by atoms with Crippen molar-refractivity contribution in [3.63, 3.8) is 0 Å². The fourth-order valence-corrected chi connectivity index (χ4v) is 5.88. The van der Waals surface area contributed by atoms with Crippen LogP contribution in [0.15, 0.2) is 30.6 Å². The van der Waals surface area contributed by atoms with Crippen LogP contribution in [-0.4, -0.2) is 49.7 Å². The van der Waals surface area contributed by atoms with E-state index in [1.807, 2.05) is 29.9 Å². The number of fused-ring (bicyclic) bond motifs is 3. The summed E-state index contributed by atoms with van der Waals surface area (Å²) in [5, 5.41) is 13.9. The van der Waals surface area contributed by atoms with Gasteiger partial charge in [-0.1, -0.05) is 6.92 Å². The minimum atomic E-state index is -0.697. The number of hydrogen-bond donors (Lipinski definition) is 1. The lowest BCUT2D eigenvalue weighted by atomic mass is 9.85. The van der Waals surface area contributed by atoms with Crippen molar-refractivity contribution >= 4 is 28.8 Å². The van der Waals surface area contributed by atoms with Crippen molar-refractivity contribution in [1.29, 1.82) is 0 Å².